The number of ether oxygens (including phenoxy) is 3. The van der Waals surface area contributed by atoms with Crippen LogP contribution in [-0.4, -0.2) is 32.1 Å². The van der Waals surface area contributed by atoms with Crippen LogP contribution in [0.15, 0.2) is 53.6 Å². The fourth-order valence-electron chi connectivity index (χ4n) is 3.69. The zero-order valence-electron chi connectivity index (χ0n) is 16.0. The molecule has 0 spiro atoms. The number of hydrazone groups is 1. The molecule has 0 saturated heterocycles. The number of nitrogens with one attached hydrogen (secondary N) is 1. The van der Waals surface area contributed by atoms with Crippen LogP contribution in [0.1, 0.15) is 23.6 Å². The Hall–Kier alpha value is -3.41. The molecule has 28 heavy (non-hydrogen) atoms. The van der Waals surface area contributed by atoms with Gasteiger partial charge < -0.3 is 24.7 Å². The Morgan fingerprint density at radius 3 is 2.57 bits per heavy atom. The smallest absolute Gasteiger partial charge is 0.166 e. The lowest BCUT2D eigenvalue weighted by molar-refractivity contribution is 0.349. The van der Waals surface area contributed by atoms with Crippen LogP contribution in [0, 0.1) is 0 Å². The quantitative estimate of drug-likeness (QED) is 0.702. The van der Waals surface area contributed by atoms with Crippen LogP contribution >= 0.6 is 0 Å². The normalized spacial score (nSPS) is 15.8. The van der Waals surface area contributed by atoms with Crippen LogP contribution in [0.2, 0.25) is 0 Å². The van der Waals surface area contributed by atoms with E-state index in [-0.39, 0.29) is 11.8 Å². The van der Waals surface area contributed by atoms with E-state index in [4.69, 9.17) is 14.2 Å². The second-order valence-corrected chi connectivity index (χ2v) is 6.57. The summed E-state index contributed by atoms with van der Waals surface area (Å²) < 4.78 is 16.5. The highest BCUT2D eigenvalue weighted by Gasteiger charge is 2.29. The minimum atomic E-state index is -0.115. The summed E-state index contributed by atoms with van der Waals surface area (Å²) in [4.78, 5) is 0. The van der Waals surface area contributed by atoms with Gasteiger partial charge in [-0.2, -0.15) is 5.10 Å². The number of hydrogen-bond donors (Lipinski definition) is 2. The summed E-state index contributed by atoms with van der Waals surface area (Å²) in [6.07, 6.45) is 0.592. The summed E-state index contributed by atoms with van der Waals surface area (Å²) in [6.45, 7) is 0. The van der Waals surface area contributed by atoms with Crippen molar-refractivity contribution in [3.05, 3.63) is 59.7 Å². The number of phenolic OH excluding ortho intramolecular Hbond substituents is 1. The Bertz CT molecular complexity index is 1060. The van der Waals surface area contributed by atoms with Crippen molar-refractivity contribution in [2.45, 2.75) is 12.5 Å². The van der Waals surface area contributed by atoms with E-state index in [0.29, 0.717) is 29.2 Å². The van der Waals surface area contributed by atoms with Crippen molar-refractivity contribution in [3.8, 4) is 23.0 Å². The lowest BCUT2D eigenvalue weighted by atomic mass is 9.93. The molecule has 4 rings (SSSR count). The minimum Gasteiger partial charge on any atom is -0.507 e. The second kappa shape index (κ2) is 7.31. The highest BCUT2D eigenvalue weighted by atomic mass is 16.5. The van der Waals surface area contributed by atoms with Crippen molar-refractivity contribution in [1.82, 2.24) is 5.43 Å². The number of methoxy groups -OCH3 is 3. The maximum Gasteiger partial charge on any atom is 0.166 e. The largest absolute Gasteiger partial charge is 0.507 e. The highest BCUT2D eigenvalue weighted by molar-refractivity contribution is 6.05. The van der Waals surface area contributed by atoms with E-state index in [1.807, 2.05) is 24.3 Å². The first-order valence-electron chi connectivity index (χ1n) is 8.99. The second-order valence-electron chi connectivity index (χ2n) is 6.57. The molecule has 1 unspecified atom stereocenters. The van der Waals surface area contributed by atoms with Gasteiger partial charge in [-0.25, -0.2) is 0 Å². The number of hydrogen-bond acceptors (Lipinski definition) is 6. The third-order valence-electron chi connectivity index (χ3n) is 5.05. The lowest BCUT2D eigenvalue weighted by Crippen LogP contribution is -2.12. The molecule has 3 aromatic carbocycles. The number of phenols is 1. The van der Waals surface area contributed by atoms with Crippen LogP contribution in [0.4, 0.5) is 0 Å². The molecule has 1 atom stereocenters. The van der Waals surface area contributed by atoms with Gasteiger partial charge in [0.15, 0.2) is 11.5 Å². The molecule has 2 N–H and O–H groups in total. The van der Waals surface area contributed by atoms with Crippen LogP contribution in [0.3, 0.4) is 0 Å². The Balaban J connectivity index is 1.77. The van der Waals surface area contributed by atoms with Crippen LogP contribution in [0.5, 0.6) is 23.0 Å². The van der Waals surface area contributed by atoms with E-state index in [2.05, 4.69) is 16.6 Å². The van der Waals surface area contributed by atoms with E-state index in [1.54, 1.807) is 39.5 Å². The molecular formula is C22H22N2O4. The summed E-state index contributed by atoms with van der Waals surface area (Å²) in [7, 11) is 4.87. The standard InChI is InChI=1S/C22H22N2O4/c1-26-14-8-9-19(25)16(11-14)17-12-18(24-23-17)21-15-7-5-4-6-13(15)10-20(27-2)22(21)28-3/h4-11,18,24-25H,12H2,1-3H3. The van der Waals surface area contributed by atoms with E-state index in [9.17, 15) is 5.11 Å². The molecule has 1 aliphatic heterocycles. The summed E-state index contributed by atoms with van der Waals surface area (Å²) in [5.41, 5.74) is 5.60. The van der Waals surface area contributed by atoms with Crippen molar-refractivity contribution in [2.75, 3.05) is 21.3 Å². The van der Waals surface area contributed by atoms with Crippen molar-refractivity contribution in [3.63, 3.8) is 0 Å². The zero-order valence-corrected chi connectivity index (χ0v) is 16.0. The van der Waals surface area contributed by atoms with Gasteiger partial charge in [0.2, 0.25) is 0 Å². The molecule has 0 radical (unpaired) electrons. The molecule has 144 valence electrons. The fourth-order valence-corrected chi connectivity index (χ4v) is 3.69. The number of nitrogens with zero attached hydrogens (tertiary/aromatic N) is 1. The number of benzene rings is 3. The monoisotopic (exact) mass is 378 g/mol. The Morgan fingerprint density at radius 1 is 1.00 bits per heavy atom. The van der Waals surface area contributed by atoms with Crippen molar-refractivity contribution in [1.29, 1.82) is 0 Å². The molecule has 1 heterocycles. The number of aromatic hydroxyl groups is 1. The van der Waals surface area contributed by atoms with Crippen LogP contribution in [-0.2, 0) is 0 Å². The topological polar surface area (TPSA) is 72.3 Å². The van der Waals surface area contributed by atoms with E-state index in [0.717, 1.165) is 22.0 Å². The first kappa shape index (κ1) is 18.0. The van der Waals surface area contributed by atoms with Gasteiger partial charge in [-0.05, 0) is 35.0 Å². The average Bonchev–Trinajstić information content (AvgIpc) is 3.22. The number of rotatable bonds is 5. The molecule has 3 aromatic rings. The molecule has 1 aliphatic rings. The van der Waals surface area contributed by atoms with Crippen LogP contribution < -0.4 is 19.6 Å². The van der Waals surface area contributed by atoms with Gasteiger partial charge >= 0.3 is 0 Å². The van der Waals surface area contributed by atoms with Gasteiger partial charge in [0, 0.05) is 17.5 Å². The molecule has 0 aromatic heterocycles. The summed E-state index contributed by atoms with van der Waals surface area (Å²) in [6, 6.07) is 15.1. The lowest BCUT2D eigenvalue weighted by Gasteiger charge is -2.20. The van der Waals surface area contributed by atoms with E-state index >= 15 is 0 Å². The van der Waals surface area contributed by atoms with Crippen molar-refractivity contribution >= 4 is 16.5 Å². The molecule has 6 heteroatoms. The van der Waals surface area contributed by atoms with Gasteiger partial charge in [-0.15, -0.1) is 0 Å². The Morgan fingerprint density at radius 2 is 1.82 bits per heavy atom. The van der Waals surface area contributed by atoms with Crippen LogP contribution in [0.25, 0.3) is 10.8 Å². The SMILES string of the molecule is COc1ccc(O)c(C2=NNC(c3c(OC)c(OC)cc4ccccc34)C2)c1. The summed E-state index contributed by atoms with van der Waals surface area (Å²) in [5, 5.41) is 16.9. The van der Waals surface area contributed by atoms with E-state index in [1.165, 1.54) is 0 Å². The maximum atomic E-state index is 10.3. The average molecular weight is 378 g/mol. The first-order chi connectivity index (χ1) is 13.7. The number of fused-ring (bicyclic) bond motifs is 1. The first-order valence-corrected chi connectivity index (χ1v) is 8.99. The maximum absolute atomic E-state index is 10.3. The third kappa shape index (κ3) is 2.97. The predicted octanol–water partition coefficient (Wildman–Crippen LogP) is 4.01. The van der Waals surface area contributed by atoms with Gasteiger partial charge in [0.05, 0.1) is 33.1 Å². The van der Waals surface area contributed by atoms with Gasteiger partial charge in [-0.1, -0.05) is 24.3 Å². The molecule has 0 saturated carbocycles. The minimum absolute atomic E-state index is 0.115. The Kier molecular flexibility index (Phi) is 4.69. The Labute approximate surface area is 163 Å². The molecular weight excluding hydrogens is 356 g/mol. The molecule has 0 bridgehead atoms. The molecule has 0 fully saturated rings. The highest BCUT2D eigenvalue weighted by Crippen LogP contribution is 2.43. The van der Waals surface area contributed by atoms with Crippen molar-refractivity contribution in [2.24, 2.45) is 5.10 Å². The summed E-state index contributed by atoms with van der Waals surface area (Å²) >= 11 is 0. The van der Waals surface area contributed by atoms with E-state index < -0.39 is 0 Å². The molecule has 6 nitrogen and oxygen atoms in total. The zero-order chi connectivity index (χ0) is 19.7. The molecule has 0 aliphatic carbocycles. The third-order valence-corrected chi connectivity index (χ3v) is 5.05. The van der Waals surface area contributed by atoms with Gasteiger partial charge in [0.1, 0.15) is 11.5 Å². The molecule has 0 amide bonds. The predicted molar refractivity (Wildman–Crippen MR) is 109 cm³/mol. The fraction of sp³-hybridized carbons (Fsp3) is 0.227. The van der Waals surface area contributed by atoms with Gasteiger partial charge in [-0.3, -0.25) is 0 Å². The van der Waals surface area contributed by atoms with Gasteiger partial charge in [0.25, 0.3) is 0 Å². The van der Waals surface area contributed by atoms with Crippen molar-refractivity contribution < 1.29 is 19.3 Å². The summed E-state index contributed by atoms with van der Waals surface area (Å²) in [5.74, 6) is 2.20.